The smallest absolute Gasteiger partial charge is 0.332 e. The topological polar surface area (TPSA) is 55.2 Å². The van der Waals surface area contributed by atoms with Crippen molar-refractivity contribution < 1.29 is 18.0 Å². The molecule has 0 saturated carbocycles. The van der Waals surface area contributed by atoms with E-state index in [0.717, 1.165) is 17.0 Å². The fourth-order valence-electron chi connectivity index (χ4n) is 2.84. The minimum Gasteiger partial charge on any atom is -0.332 e. The quantitative estimate of drug-likeness (QED) is 0.618. The molecule has 1 aromatic carbocycles. The molecule has 152 valence electrons. The summed E-state index contributed by atoms with van der Waals surface area (Å²) in [5, 5.41) is 6.00. The fraction of sp³-hybridized carbons (Fsp3) is 0.250. The summed E-state index contributed by atoms with van der Waals surface area (Å²) in [5.41, 5.74) is -1.29. The third-order valence-electron chi connectivity index (χ3n) is 4.32. The number of nitrogens with zero attached hydrogens (tertiary/aromatic N) is 3. The van der Waals surface area contributed by atoms with E-state index >= 15 is 0 Å². The van der Waals surface area contributed by atoms with Crippen LogP contribution in [0.15, 0.2) is 52.6 Å². The van der Waals surface area contributed by atoms with Crippen LogP contribution in [-0.4, -0.2) is 27.1 Å². The second kappa shape index (κ2) is 8.20. The highest BCUT2D eigenvalue weighted by Gasteiger charge is 2.31. The highest BCUT2D eigenvalue weighted by Crippen LogP contribution is 2.30. The fourth-order valence-corrected chi connectivity index (χ4v) is 3.56. The first-order chi connectivity index (χ1) is 13.7. The largest absolute Gasteiger partial charge is 0.416 e. The Bertz CT molecular complexity index is 1080. The molecule has 0 aliphatic rings. The molecule has 0 unspecified atom stereocenters. The molecular formula is C20H18F3N3O2S. The third kappa shape index (κ3) is 4.56. The first-order valence-corrected chi connectivity index (χ1v) is 9.69. The Balaban J connectivity index is 2.02. The lowest BCUT2D eigenvalue weighted by molar-refractivity contribution is -0.137. The Hall–Kier alpha value is -2.94. The molecule has 0 spiro atoms. The highest BCUT2D eigenvalue weighted by atomic mass is 32.1. The van der Waals surface area contributed by atoms with E-state index in [1.165, 1.54) is 39.1 Å². The van der Waals surface area contributed by atoms with Crippen molar-refractivity contribution in [1.82, 2.24) is 14.7 Å². The second-order valence-corrected chi connectivity index (χ2v) is 7.39. The van der Waals surface area contributed by atoms with Crippen LogP contribution in [0.25, 0.3) is 5.69 Å². The number of carbonyl (C=O) groups is 1. The maximum atomic E-state index is 13.0. The van der Waals surface area contributed by atoms with Crippen LogP contribution >= 0.6 is 11.3 Å². The summed E-state index contributed by atoms with van der Waals surface area (Å²) in [7, 11) is 0. The number of carbonyl (C=O) groups excluding carboxylic acids is 1. The summed E-state index contributed by atoms with van der Waals surface area (Å²) >= 11 is 1.49. The predicted octanol–water partition coefficient (Wildman–Crippen LogP) is 4.28. The van der Waals surface area contributed by atoms with Crippen LogP contribution in [0, 0.1) is 6.92 Å². The standard InChI is InChI=1S/C20H18F3N3O2S/c1-3-25(12-16-8-5-9-29-16)19(28)18-17(27)10-13(2)26(24-18)15-7-4-6-14(11-15)20(21,22)23/h4-11H,3,12H2,1-2H3. The van der Waals surface area contributed by atoms with Crippen molar-refractivity contribution in [2.24, 2.45) is 0 Å². The van der Waals surface area contributed by atoms with Gasteiger partial charge in [-0.2, -0.15) is 18.3 Å². The van der Waals surface area contributed by atoms with Crippen LogP contribution in [0.2, 0.25) is 0 Å². The lowest BCUT2D eigenvalue weighted by Crippen LogP contribution is -2.35. The summed E-state index contributed by atoms with van der Waals surface area (Å²) in [6.07, 6.45) is -4.51. The molecule has 0 fully saturated rings. The molecule has 9 heteroatoms. The van der Waals surface area contributed by atoms with Crippen LogP contribution in [0.3, 0.4) is 0 Å². The number of rotatable bonds is 5. The molecular weight excluding hydrogens is 403 g/mol. The first-order valence-electron chi connectivity index (χ1n) is 8.81. The number of benzene rings is 1. The van der Waals surface area contributed by atoms with Crippen molar-refractivity contribution in [1.29, 1.82) is 0 Å². The van der Waals surface area contributed by atoms with Crippen molar-refractivity contribution in [2.45, 2.75) is 26.6 Å². The van der Waals surface area contributed by atoms with Crippen LogP contribution in [0.1, 0.15) is 33.5 Å². The Labute approximate surface area is 169 Å². The molecule has 0 atom stereocenters. The Morgan fingerprint density at radius 3 is 2.59 bits per heavy atom. The van der Waals surface area contributed by atoms with E-state index in [9.17, 15) is 22.8 Å². The number of alkyl halides is 3. The summed E-state index contributed by atoms with van der Waals surface area (Å²) < 4.78 is 40.3. The number of aryl methyl sites for hydroxylation is 1. The number of aromatic nitrogens is 2. The summed E-state index contributed by atoms with van der Waals surface area (Å²) in [6.45, 7) is 4.01. The van der Waals surface area contributed by atoms with Crippen molar-refractivity contribution in [2.75, 3.05) is 6.54 Å². The van der Waals surface area contributed by atoms with Gasteiger partial charge in [0.15, 0.2) is 5.69 Å². The lowest BCUT2D eigenvalue weighted by atomic mass is 10.2. The van der Waals surface area contributed by atoms with Crippen LogP contribution in [0.5, 0.6) is 0 Å². The van der Waals surface area contributed by atoms with Gasteiger partial charge >= 0.3 is 6.18 Å². The van der Waals surface area contributed by atoms with Gasteiger partial charge in [-0.1, -0.05) is 12.1 Å². The number of halogens is 3. The number of hydrogen-bond donors (Lipinski definition) is 0. The van der Waals surface area contributed by atoms with Crippen LogP contribution in [0.4, 0.5) is 13.2 Å². The third-order valence-corrected chi connectivity index (χ3v) is 5.18. The van der Waals surface area contributed by atoms with Gasteiger partial charge in [0.1, 0.15) is 0 Å². The van der Waals surface area contributed by atoms with E-state index < -0.39 is 23.1 Å². The molecule has 5 nitrogen and oxygen atoms in total. The van der Waals surface area contributed by atoms with E-state index in [-0.39, 0.29) is 11.4 Å². The van der Waals surface area contributed by atoms with Crippen LogP contribution in [-0.2, 0) is 12.7 Å². The molecule has 0 aliphatic carbocycles. The molecule has 1 amide bonds. The molecule has 29 heavy (non-hydrogen) atoms. The van der Waals surface area contributed by atoms with Gasteiger partial charge in [-0.25, -0.2) is 4.68 Å². The molecule has 0 aliphatic heterocycles. The minimum atomic E-state index is -4.51. The average molecular weight is 421 g/mol. The molecule has 3 aromatic rings. The number of thiophene rings is 1. The Morgan fingerprint density at radius 1 is 1.21 bits per heavy atom. The molecule has 0 saturated heterocycles. The molecule has 0 bridgehead atoms. The number of amides is 1. The zero-order valence-corrected chi connectivity index (χ0v) is 16.5. The second-order valence-electron chi connectivity index (χ2n) is 6.36. The zero-order valence-electron chi connectivity index (χ0n) is 15.7. The van der Waals surface area contributed by atoms with Crippen molar-refractivity contribution in [3.8, 4) is 5.69 Å². The molecule has 2 aromatic heterocycles. The average Bonchev–Trinajstić information content (AvgIpc) is 3.18. The molecule has 0 N–H and O–H groups in total. The normalized spacial score (nSPS) is 11.5. The monoisotopic (exact) mass is 421 g/mol. The maximum absolute atomic E-state index is 13.0. The van der Waals surface area contributed by atoms with Gasteiger partial charge in [-0.05, 0) is 43.5 Å². The van der Waals surface area contributed by atoms with Gasteiger partial charge in [0, 0.05) is 23.2 Å². The van der Waals surface area contributed by atoms with Gasteiger partial charge in [-0.3, -0.25) is 9.59 Å². The lowest BCUT2D eigenvalue weighted by Gasteiger charge is -2.20. The summed E-state index contributed by atoms with van der Waals surface area (Å²) in [5.74, 6) is -0.563. The molecule has 0 radical (unpaired) electrons. The van der Waals surface area contributed by atoms with E-state index in [2.05, 4.69) is 5.10 Å². The maximum Gasteiger partial charge on any atom is 0.416 e. The minimum absolute atomic E-state index is 0.118. The summed E-state index contributed by atoms with van der Waals surface area (Å²) in [6, 6.07) is 9.53. The van der Waals surface area contributed by atoms with Crippen molar-refractivity contribution >= 4 is 17.2 Å². The van der Waals surface area contributed by atoms with E-state index in [0.29, 0.717) is 18.8 Å². The molecule has 3 rings (SSSR count). The zero-order chi connectivity index (χ0) is 21.2. The predicted molar refractivity (Wildman–Crippen MR) is 104 cm³/mol. The van der Waals surface area contributed by atoms with Gasteiger partial charge in [0.25, 0.3) is 5.91 Å². The first kappa shape index (κ1) is 20.8. The molecule has 2 heterocycles. The van der Waals surface area contributed by atoms with Crippen molar-refractivity contribution in [3.63, 3.8) is 0 Å². The van der Waals surface area contributed by atoms with Crippen LogP contribution < -0.4 is 5.43 Å². The Kier molecular flexibility index (Phi) is 5.88. The van der Waals surface area contributed by atoms with Gasteiger partial charge < -0.3 is 4.90 Å². The Morgan fingerprint density at radius 2 is 1.97 bits per heavy atom. The van der Waals surface area contributed by atoms with Gasteiger partial charge in [0.05, 0.1) is 17.8 Å². The van der Waals surface area contributed by atoms with Gasteiger partial charge in [-0.15, -0.1) is 11.3 Å². The van der Waals surface area contributed by atoms with E-state index in [4.69, 9.17) is 0 Å². The van der Waals surface area contributed by atoms with Crippen molar-refractivity contribution in [3.05, 3.63) is 79.9 Å². The van der Waals surface area contributed by atoms with E-state index in [1.807, 2.05) is 17.5 Å². The number of hydrogen-bond acceptors (Lipinski definition) is 4. The van der Waals surface area contributed by atoms with E-state index in [1.54, 1.807) is 13.8 Å². The highest BCUT2D eigenvalue weighted by molar-refractivity contribution is 7.09. The summed E-state index contributed by atoms with van der Waals surface area (Å²) in [4.78, 5) is 27.8. The SMILES string of the molecule is CCN(Cc1cccs1)C(=O)c1nn(-c2cccc(C(F)(F)F)c2)c(C)cc1=O. The van der Waals surface area contributed by atoms with Gasteiger partial charge in [0.2, 0.25) is 5.43 Å².